The lowest BCUT2D eigenvalue weighted by molar-refractivity contribution is 0.108. The Morgan fingerprint density at radius 3 is 1.54 bits per heavy atom. The summed E-state index contributed by atoms with van der Waals surface area (Å²) in [6.07, 6.45) is 10.2. The largest absolute Gasteiger partial charge is 0.447 e. The Morgan fingerprint density at radius 1 is 0.700 bits per heavy atom. The second kappa shape index (κ2) is 25.6. The summed E-state index contributed by atoms with van der Waals surface area (Å²) in [6.45, 7) is 14.8. The molecule has 2 aromatic heterocycles. The van der Waals surface area contributed by atoms with Crippen LogP contribution in [0.25, 0.3) is 10.4 Å². The number of rotatable bonds is 15. The number of alkyl carbamates (subject to hydrolysis) is 2. The summed E-state index contributed by atoms with van der Waals surface area (Å²) in [5.41, 5.74) is 11.4. The number of nitrogen functional groups attached to an aromatic ring is 2. The van der Waals surface area contributed by atoms with Gasteiger partial charge in [0.25, 0.3) is 0 Å². The highest BCUT2D eigenvalue weighted by molar-refractivity contribution is 9.11. The van der Waals surface area contributed by atoms with Crippen molar-refractivity contribution in [1.82, 2.24) is 30.0 Å². The molecule has 70 heavy (non-hydrogen) atoms. The third-order valence-corrected chi connectivity index (χ3v) is 17.6. The molecule has 0 spiro atoms. The van der Waals surface area contributed by atoms with Gasteiger partial charge in [-0.3, -0.25) is 0 Å². The van der Waals surface area contributed by atoms with E-state index in [4.69, 9.17) is 26.0 Å². The molecule has 4 aromatic rings. The average molecular weight is 1120 g/mol. The molecule has 23 heteroatoms. The second-order valence-electron chi connectivity index (χ2n) is 19.4. The first-order valence-corrected chi connectivity index (χ1v) is 28.6. The quantitative estimate of drug-likeness (QED) is 0.0520. The van der Waals surface area contributed by atoms with E-state index in [0.717, 1.165) is 65.0 Å². The Hall–Kier alpha value is -3.94. The minimum Gasteiger partial charge on any atom is -0.447 e. The molecule has 0 radical (unpaired) electrons. The van der Waals surface area contributed by atoms with Crippen molar-refractivity contribution < 1.29 is 46.1 Å². The van der Waals surface area contributed by atoms with Crippen molar-refractivity contribution in [2.45, 2.75) is 171 Å². The first kappa shape index (κ1) is 58.6. The summed E-state index contributed by atoms with van der Waals surface area (Å²) in [7, 11) is -7.61. The normalized spacial score (nSPS) is 18.8. The number of carbonyl (C=O) groups is 2. The van der Waals surface area contributed by atoms with E-state index in [-0.39, 0.29) is 65.4 Å². The van der Waals surface area contributed by atoms with Crippen LogP contribution in [0, 0.1) is 6.92 Å². The van der Waals surface area contributed by atoms with Gasteiger partial charge < -0.3 is 41.8 Å². The fraction of sp³-hybridized carbons (Fsp3) is 0.574. The van der Waals surface area contributed by atoms with Crippen molar-refractivity contribution in [3.8, 4) is 10.4 Å². The molecular weight excluding hydrogens is 1040 g/mol. The highest BCUT2D eigenvalue weighted by Crippen LogP contribution is 2.40. The summed E-state index contributed by atoms with van der Waals surface area (Å²) >= 11 is 6.63. The maximum Gasteiger partial charge on any atom is 0.407 e. The van der Waals surface area contributed by atoms with Gasteiger partial charge >= 0.3 is 12.2 Å². The lowest BCUT2D eigenvalue weighted by Crippen LogP contribution is -2.46. The number of hydrogen-bond acceptors (Lipinski definition) is 16. The molecule has 6 rings (SSSR count). The second-order valence-corrected chi connectivity index (χ2v) is 26.2. The number of ether oxygens (including phenoxy) is 2. The predicted octanol–water partition coefficient (Wildman–Crippen LogP) is 8.30. The molecule has 18 nitrogen and oxygen atoms in total. The number of anilines is 2. The van der Waals surface area contributed by atoms with Crippen molar-refractivity contribution >= 4 is 82.2 Å². The Morgan fingerprint density at radius 2 is 1.11 bits per heavy atom. The standard InChI is InChI=1S/C23H34N4O5S2.C13H19BrN2O2S.C11H18N2O3S/c1-14(2)32-22(29)26-17-8-5-15(6-9-17)21-25-12-19(33-21)18-10-7-16(24)11-20(18)34(30,31)27-23(3,4)13-28;1-8(2)18-13(17)16-10-5-3-9(4-6-10)12-15-7-11(14)19-12;1-8-4-5-9(12)6-10(8)17(15,16)13-11(2,3)7-14/h7,10-12,14-15,17,27-28H,5-6,8-9,13,24H2,1-4H3,(H,26,29);7-10H,3-6H2,1-2H3,(H,16,17);4-6,13-14H,7,12H2,1-3H3. The van der Waals surface area contributed by atoms with E-state index >= 15 is 0 Å². The topological polar surface area (TPSA) is 287 Å². The van der Waals surface area contributed by atoms with E-state index in [2.05, 4.69) is 46.0 Å². The molecule has 2 aromatic carbocycles. The molecule has 2 aliphatic rings. The lowest BCUT2D eigenvalue weighted by Gasteiger charge is -2.28. The van der Waals surface area contributed by atoms with Crippen LogP contribution >= 0.6 is 38.6 Å². The minimum absolute atomic E-state index is 0.0563. The molecule has 0 saturated heterocycles. The molecule has 390 valence electrons. The van der Waals surface area contributed by atoms with Crippen LogP contribution in [0.3, 0.4) is 0 Å². The van der Waals surface area contributed by atoms with Crippen LogP contribution < -0.4 is 31.5 Å². The van der Waals surface area contributed by atoms with Gasteiger partial charge in [0.05, 0.1) is 71.2 Å². The van der Waals surface area contributed by atoms with E-state index in [1.165, 1.54) is 28.5 Å². The zero-order chi connectivity index (χ0) is 52.2. The number of hydrogen-bond donors (Lipinski definition) is 8. The molecule has 0 aliphatic heterocycles. The van der Waals surface area contributed by atoms with E-state index in [0.29, 0.717) is 28.4 Å². The third kappa shape index (κ3) is 18.3. The van der Waals surface area contributed by atoms with Gasteiger partial charge in [-0.25, -0.2) is 45.8 Å². The fourth-order valence-electron chi connectivity index (χ4n) is 7.63. The SMILES string of the molecule is CC(C)OC(=O)NC1CCC(c2ncc(-c3ccc(N)cc3S(=O)(=O)NC(C)(C)CO)s2)CC1.CC(C)OC(=O)NC1CCC(c2ncc(Br)s2)CC1.Cc1ccc(N)cc1S(=O)(=O)NC(C)(C)CO. The summed E-state index contributed by atoms with van der Waals surface area (Å²) in [6, 6.07) is 9.80. The zero-order valence-electron chi connectivity index (χ0n) is 41.4. The molecule has 2 heterocycles. The monoisotopic (exact) mass is 1110 g/mol. The number of aliphatic hydroxyl groups excluding tert-OH is 2. The van der Waals surface area contributed by atoms with Gasteiger partial charge in [0.15, 0.2) is 0 Å². The number of benzene rings is 2. The van der Waals surface area contributed by atoms with Crippen molar-refractivity contribution in [1.29, 1.82) is 0 Å². The van der Waals surface area contributed by atoms with Crippen LogP contribution in [0.2, 0.25) is 0 Å². The maximum absolute atomic E-state index is 13.1. The molecule has 0 atom stereocenters. The number of carbonyl (C=O) groups excluding carboxylic acids is 2. The Labute approximate surface area is 429 Å². The Kier molecular flexibility index (Phi) is 21.5. The number of aliphatic hydroxyl groups is 2. The van der Waals surface area contributed by atoms with Crippen LogP contribution in [0.1, 0.15) is 134 Å². The van der Waals surface area contributed by atoms with Crippen molar-refractivity contribution in [3.63, 3.8) is 0 Å². The van der Waals surface area contributed by atoms with Gasteiger partial charge in [0.2, 0.25) is 20.0 Å². The number of nitrogens with zero attached hydrogens (tertiary/aromatic N) is 2. The van der Waals surface area contributed by atoms with Gasteiger partial charge in [-0.1, -0.05) is 12.1 Å². The number of thiazole rings is 2. The van der Waals surface area contributed by atoms with Gasteiger partial charge in [-0.05, 0) is 159 Å². The van der Waals surface area contributed by atoms with Crippen LogP contribution in [-0.4, -0.2) is 97.8 Å². The van der Waals surface area contributed by atoms with Crippen molar-refractivity contribution in [2.24, 2.45) is 0 Å². The van der Waals surface area contributed by atoms with Gasteiger partial charge in [-0.15, -0.1) is 22.7 Å². The molecule has 2 saturated carbocycles. The highest BCUT2D eigenvalue weighted by Gasteiger charge is 2.31. The first-order chi connectivity index (χ1) is 32.6. The minimum atomic E-state index is -3.94. The van der Waals surface area contributed by atoms with Gasteiger partial charge in [-0.2, -0.15) is 0 Å². The summed E-state index contributed by atoms with van der Waals surface area (Å²) in [4.78, 5) is 33.3. The van der Waals surface area contributed by atoms with Crippen LogP contribution in [-0.2, 0) is 29.5 Å². The number of nitrogens with one attached hydrogen (secondary N) is 4. The van der Waals surface area contributed by atoms with Gasteiger partial charge in [0, 0.05) is 47.1 Å². The summed E-state index contributed by atoms with van der Waals surface area (Å²) < 4.78 is 66.8. The number of amides is 2. The number of sulfonamides is 2. The van der Waals surface area contributed by atoms with E-state index < -0.39 is 31.1 Å². The third-order valence-electron chi connectivity index (χ3n) is 11.2. The van der Waals surface area contributed by atoms with Crippen LogP contribution in [0.5, 0.6) is 0 Å². The summed E-state index contributed by atoms with van der Waals surface area (Å²) in [5, 5.41) is 26.6. The number of halogens is 1. The highest BCUT2D eigenvalue weighted by atomic mass is 79.9. The summed E-state index contributed by atoms with van der Waals surface area (Å²) in [5.74, 6) is 0.786. The predicted molar refractivity (Wildman–Crippen MR) is 280 cm³/mol. The van der Waals surface area contributed by atoms with Crippen molar-refractivity contribution in [3.05, 3.63) is 68.2 Å². The van der Waals surface area contributed by atoms with E-state index in [9.17, 15) is 31.5 Å². The Balaban J connectivity index is 0.000000250. The number of nitrogens with two attached hydrogens (primary N) is 2. The van der Waals surface area contributed by atoms with Crippen molar-refractivity contribution in [2.75, 3.05) is 24.7 Å². The number of aromatic nitrogens is 2. The molecule has 0 unspecified atom stereocenters. The Bertz CT molecular complexity index is 2570. The molecule has 0 bridgehead atoms. The molecule has 2 fully saturated rings. The van der Waals surface area contributed by atoms with E-state index in [1.807, 2.05) is 33.9 Å². The fourth-order valence-corrected chi connectivity index (χ4v) is 13.6. The van der Waals surface area contributed by atoms with Crippen LogP contribution in [0.15, 0.2) is 62.4 Å². The van der Waals surface area contributed by atoms with E-state index in [1.54, 1.807) is 76.4 Å². The number of aryl methyl sites for hydroxylation is 1. The lowest BCUT2D eigenvalue weighted by atomic mass is 9.86. The molecular formula is C47H71BrN8O10S4. The molecule has 2 amide bonds. The maximum atomic E-state index is 13.1. The van der Waals surface area contributed by atoms with Crippen LogP contribution in [0.4, 0.5) is 21.0 Å². The smallest absolute Gasteiger partial charge is 0.407 e. The first-order valence-electron chi connectivity index (χ1n) is 23.2. The zero-order valence-corrected chi connectivity index (χ0v) is 46.2. The molecule has 10 N–H and O–H groups in total. The average Bonchev–Trinajstić information content (AvgIpc) is 3.94. The van der Waals surface area contributed by atoms with Gasteiger partial charge in [0.1, 0.15) is 0 Å². The molecule has 2 aliphatic carbocycles.